The molecule has 2 rings (SSSR count). The van der Waals surface area contributed by atoms with Gasteiger partial charge in [0.1, 0.15) is 11.5 Å². The van der Waals surface area contributed by atoms with Crippen molar-refractivity contribution in [3.63, 3.8) is 0 Å². The van der Waals surface area contributed by atoms with Gasteiger partial charge in [0.2, 0.25) is 0 Å². The topological polar surface area (TPSA) is 40.5 Å². The van der Waals surface area contributed by atoms with E-state index in [1.165, 1.54) is 0 Å². The standard InChI is InChI=1S/C20H26O2/c1-19(2,3)15-9-7-13(11-17(15)21)14-8-10-16(18(22)12-14)20(4,5)6/h7-12,21-22H,1-6H3. The Balaban J connectivity index is 2.46. The third kappa shape index (κ3) is 3.27. The van der Waals surface area contributed by atoms with E-state index in [9.17, 15) is 10.2 Å². The smallest absolute Gasteiger partial charge is 0.119 e. The monoisotopic (exact) mass is 298 g/mol. The Kier molecular flexibility index (Phi) is 3.99. The summed E-state index contributed by atoms with van der Waals surface area (Å²) < 4.78 is 0. The molecule has 2 N–H and O–H groups in total. The number of benzene rings is 2. The van der Waals surface area contributed by atoms with Crippen LogP contribution in [0.25, 0.3) is 11.1 Å². The number of hydrogen-bond donors (Lipinski definition) is 2. The molecule has 0 aliphatic carbocycles. The molecule has 22 heavy (non-hydrogen) atoms. The molecule has 0 aromatic heterocycles. The molecule has 0 spiro atoms. The van der Waals surface area contributed by atoms with Gasteiger partial charge in [-0.2, -0.15) is 0 Å². The fraction of sp³-hybridized carbons (Fsp3) is 0.400. The maximum Gasteiger partial charge on any atom is 0.119 e. The minimum atomic E-state index is -0.0964. The first-order valence-electron chi connectivity index (χ1n) is 7.67. The van der Waals surface area contributed by atoms with Crippen LogP contribution in [-0.2, 0) is 10.8 Å². The Morgan fingerprint density at radius 1 is 0.591 bits per heavy atom. The molecule has 2 nitrogen and oxygen atoms in total. The second-order valence-corrected chi connectivity index (χ2v) is 7.96. The third-order valence-corrected chi connectivity index (χ3v) is 3.94. The van der Waals surface area contributed by atoms with E-state index in [0.717, 1.165) is 22.3 Å². The molecule has 0 saturated carbocycles. The number of rotatable bonds is 1. The lowest BCUT2D eigenvalue weighted by atomic mass is 9.84. The molecule has 0 amide bonds. The molecule has 0 heterocycles. The largest absolute Gasteiger partial charge is 0.508 e. The average Bonchev–Trinajstić information content (AvgIpc) is 2.35. The van der Waals surface area contributed by atoms with Gasteiger partial charge in [-0.3, -0.25) is 0 Å². The van der Waals surface area contributed by atoms with Crippen molar-refractivity contribution in [2.75, 3.05) is 0 Å². The van der Waals surface area contributed by atoms with Crippen molar-refractivity contribution in [3.05, 3.63) is 47.5 Å². The molecule has 0 fully saturated rings. The highest BCUT2D eigenvalue weighted by molar-refractivity contribution is 5.68. The van der Waals surface area contributed by atoms with Gasteiger partial charge >= 0.3 is 0 Å². The van der Waals surface area contributed by atoms with Crippen LogP contribution in [0.1, 0.15) is 52.7 Å². The highest BCUT2D eigenvalue weighted by Gasteiger charge is 2.20. The van der Waals surface area contributed by atoms with Crippen LogP contribution in [0.3, 0.4) is 0 Å². The van der Waals surface area contributed by atoms with Crippen LogP contribution in [0, 0.1) is 0 Å². The van der Waals surface area contributed by atoms with Crippen LogP contribution in [0.2, 0.25) is 0 Å². The van der Waals surface area contributed by atoms with Crippen molar-refractivity contribution in [1.29, 1.82) is 0 Å². The molecular weight excluding hydrogens is 272 g/mol. The molecule has 0 bridgehead atoms. The predicted molar refractivity (Wildman–Crippen MR) is 92.6 cm³/mol. The van der Waals surface area contributed by atoms with Crippen LogP contribution in [0.15, 0.2) is 36.4 Å². The van der Waals surface area contributed by atoms with Gasteiger partial charge in [-0.05, 0) is 45.2 Å². The van der Waals surface area contributed by atoms with Gasteiger partial charge in [0.25, 0.3) is 0 Å². The van der Waals surface area contributed by atoms with E-state index < -0.39 is 0 Å². The van der Waals surface area contributed by atoms with E-state index in [0.29, 0.717) is 11.5 Å². The summed E-state index contributed by atoms with van der Waals surface area (Å²) in [7, 11) is 0. The molecule has 0 unspecified atom stereocenters. The molecule has 0 atom stereocenters. The van der Waals surface area contributed by atoms with Crippen LogP contribution >= 0.6 is 0 Å². The third-order valence-electron chi connectivity index (χ3n) is 3.94. The zero-order valence-electron chi connectivity index (χ0n) is 14.4. The van der Waals surface area contributed by atoms with E-state index in [1.54, 1.807) is 12.1 Å². The SMILES string of the molecule is CC(C)(C)c1ccc(-c2ccc(C(C)(C)C)c(O)c2)cc1O. The first-order chi connectivity index (χ1) is 10.00. The van der Waals surface area contributed by atoms with Gasteiger partial charge in [-0.1, -0.05) is 65.8 Å². The fourth-order valence-electron chi connectivity index (χ4n) is 2.69. The highest BCUT2D eigenvalue weighted by atomic mass is 16.3. The summed E-state index contributed by atoms with van der Waals surface area (Å²) in [4.78, 5) is 0. The van der Waals surface area contributed by atoms with Gasteiger partial charge in [-0.25, -0.2) is 0 Å². The van der Waals surface area contributed by atoms with Gasteiger partial charge in [0, 0.05) is 0 Å². The summed E-state index contributed by atoms with van der Waals surface area (Å²) in [6.45, 7) is 12.5. The first kappa shape index (κ1) is 16.4. The van der Waals surface area contributed by atoms with Gasteiger partial charge < -0.3 is 10.2 Å². The fourth-order valence-corrected chi connectivity index (χ4v) is 2.69. The molecule has 0 radical (unpaired) electrons. The Bertz CT molecular complexity index is 624. The maximum absolute atomic E-state index is 10.3. The molecule has 118 valence electrons. The molecule has 2 aromatic rings. The van der Waals surface area contributed by atoms with E-state index in [4.69, 9.17) is 0 Å². The number of hydrogen-bond acceptors (Lipinski definition) is 2. The molecule has 0 aliphatic rings. The van der Waals surface area contributed by atoms with Crippen LogP contribution in [0.4, 0.5) is 0 Å². The zero-order valence-corrected chi connectivity index (χ0v) is 14.4. The summed E-state index contributed by atoms with van der Waals surface area (Å²) in [5.74, 6) is 0.591. The van der Waals surface area contributed by atoms with Gasteiger partial charge in [-0.15, -0.1) is 0 Å². The molecular formula is C20H26O2. The summed E-state index contributed by atoms with van der Waals surface area (Å²) in [5, 5.41) is 20.6. The van der Waals surface area contributed by atoms with Crippen molar-refractivity contribution in [3.8, 4) is 22.6 Å². The Morgan fingerprint density at radius 3 is 1.14 bits per heavy atom. The van der Waals surface area contributed by atoms with Crippen LogP contribution < -0.4 is 0 Å². The number of aromatic hydroxyl groups is 2. The van der Waals surface area contributed by atoms with E-state index in [1.807, 2.05) is 24.3 Å². The molecule has 0 aliphatic heterocycles. The first-order valence-corrected chi connectivity index (χ1v) is 7.67. The highest BCUT2D eigenvalue weighted by Crippen LogP contribution is 2.37. The minimum absolute atomic E-state index is 0.0964. The van der Waals surface area contributed by atoms with Crippen molar-refractivity contribution in [2.24, 2.45) is 0 Å². The van der Waals surface area contributed by atoms with Crippen molar-refractivity contribution in [2.45, 2.75) is 52.4 Å². The molecule has 2 aromatic carbocycles. The normalized spacial score (nSPS) is 12.5. The average molecular weight is 298 g/mol. The summed E-state index contributed by atoms with van der Waals surface area (Å²) >= 11 is 0. The predicted octanol–water partition coefficient (Wildman–Crippen LogP) is 5.36. The number of phenols is 2. The molecule has 0 saturated heterocycles. The van der Waals surface area contributed by atoms with Crippen LogP contribution in [-0.4, -0.2) is 10.2 Å². The Labute approximate surface area is 133 Å². The lowest BCUT2D eigenvalue weighted by Gasteiger charge is -2.22. The van der Waals surface area contributed by atoms with Crippen molar-refractivity contribution < 1.29 is 10.2 Å². The Morgan fingerprint density at radius 2 is 0.909 bits per heavy atom. The van der Waals surface area contributed by atoms with Crippen molar-refractivity contribution in [1.82, 2.24) is 0 Å². The minimum Gasteiger partial charge on any atom is -0.508 e. The second-order valence-electron chi connectivity index (χ2n) is 7.96. The quantitative estimate of drug-likeness (QED) is 0.744. The summed E-state index contributed by atoms with van der Waals surface area (Å²) in [6, 6.07) is 11.4. The second kappa shape index (κ2) is 5.35. The zero-order chi connectivity index (χ0) is 16.7. The maximum atomic E-state index is 10.3. The molecule has 2 heteroatoms. The van der Waals surface area contributed by atoms with Crippen molar-refractivity contribution >= 4 is 0 Å². The van der Waals surface area contributed by atoms with Gasteiger partial charge in [0.15, 0.2) is 0 Å². The van der Waals surface area contributed by atoms with E-state index in [2.05, 4.69) is 41.5 Å². The van der Waals surface area contributed by atoms with Gasteiger partial charge in [0.05, 0.1) is 0 Å². The van der Waals surface area contributed by atoms with E-state index >= 15 is 0 Å². The van der Waals surface area contributed by atoms with E-state index in [-0.39, 0.29) is 10.8 Å². The summed E-state index contributed by atoms with van der Waals surface area (Å²) in [5.41, 5.74) is 3.46. The lowest BCUT2D eigenvalue weighted by molar-refractivity contribution is 0.445. The number of phenolic OH excluding ortho intramolecular Hbond substituents is 2. The Hall–Kier alpha value is -1.96. The lowest BCUT2D eigenvalue weighted by Crippen LogP contribution is -2.11. The van der Waals surface area contributed by atoms with Crippen LogP contribution in [0.5, 0.6) is 11.5 Å². The summed E-state index contributed by atoms with van der Waals surface area (Å²) in [6.07, 6.45) is 0.